The molecule has 0 radical (unpaired) electrons. The summed E-state index contributed by atoms with van der Waals surface area (Å²) in [4.78, 5) is 11.8. The minimum absolute atomic E-state index is 0.0969. The van der Waals surface area contributed by atoms with Crippen LogP contribution in [-0.2, 0) is 16.6 Å². The molecule has 7 heteroatoms. The zero-order valence-electron chi connectivity index (χ0n) is 23.5. The van der Waals surface area contributed by atoms with E-state index in [1.807, 2.05) is 77.9 Å². The molecule has 0 saturated carbocycles. The highest BCUT2D eigenvalue weighted by Crippen LogP contribution is 2.35. The van der Waals surface area contributed by atoms with Gasteiger partial charge in [0.2, 0.25) is 0 Å². The number of halogens is 2. The van der Waals surface area contributed by atoms with Gasteiger partial charge in [0.25, 0.3) is 0 Å². The lowest BCUT2D eigenvalue weighted by Gasteiger charge is -2.28. The highest BCUT2D eigenvalue weighted by atomic mass is 35.5. The van der Waals surface area contributed by atoms with Crippen LogP contribution in [-0.4, -0.2) is 41.0 Å². The molecule has 3 aromatic carbocycles. The number of β-amino-alcohol motifs (C(OH)–C–C–N with tert-alkyl or cyclic N) is 1. The lowest BCUT2D eigenvalue weighted by Crippen LogP contribution is -2.46. The highest BCUT2D eigenvalue weighted by Gasteiger charge is 2.24. The summed E-state index contributed by atoms with van der Waals surface area (Å²) < 4.78 is 19.9. The van der Waals surface area contributed by atoms with Crippen molar-refractivity contribution in [3.05, 3.63) is 93.8 Å². The van der Waals surface area contributed by atoms with Crippen LogP contribution in [0.4, 0.5) is 4.39 Å². The van der Waals surface area contributed by atoms with Gasteiger partial charge in [-0.05, 0) is 84.7 Å². The maximum absolute atomic E-state index is 13.8. The average Bonchev–Trinajstić information content (AvgIpc) is 2.87. The predicted molar refractivity (Wildman–Crippen MR) is 155 cm³/mol. The van der Waals surface area contributed by atoms with Gasteiger partial charge in [-0.25, -0.2) is 9.18 Å². The maximum atomic E-state index is 13.8. The molecule has 3 N–H and O–H groups in total. The third-order valence-electron chi connectivity index (χ3n) is 6.75. The number of hydrogen-bond acceptors (Lipinski definition) is 4. The maximum Gasteiger partial charge on any atom is 0.335 e. The van der Waals surface area contributed by atoms with E-state index in [1.54, 1.807) is 18.2 Å². The fourth-order valence-electron chi connectivity index (χ4n) is 4.65. The SMILES string of the molecule is C[C@@H](OC[C@H](O)CNC(C)(C)Cc1ccc(Cl)c(F)c1)c1ccccc1-c1ccc(C(=O)O)c(C(C)(C)C)c1. The van der Waals surface area contributed by atoms with E-state index in [2.05, 4.69) is 5.32 Å². The van der Waals surface area contributed by atoms with Gasteiger partial charge in [-0.3, -0.25) is 0 Å². The summed E-state index contributed by atoms with van der Waals surface area (Å²) in [6, 6.07) is 18.1. The third-order valence-corrected chi connectivity index (χ3v) is 7.06. The molecule has 2 atom stereocenters. The normalized spacial score (nSPS) is 13.8. The van der Waals surface area contributed by atoms with E-state index in [9.17, 15) is 19.4 Å². The molecule has 0 aliphatic carbocycles. The summed E-state index contributed by atoms with van der Waals surface area (Å²) in [5, 5.41) is 23.7. The van der Waals surface area contributed by atoms with Crippen molar-refractivity contribution in [1.29, 1.82) is 0 Å². The zero-order chi connectivity index (χ0) is 29.0. The molecule has 0 aliphatic heterocycles. The molecule has 0 spiro atoms. The minimum atomic E-state index is -0.942. The summed E-state index contributed by atoms with van der Waals surface area (Å²) in [7, 11) is 0. The summed E-state index contributed by atoms with van der Waals surface area (Å²) in [6.45, 7) is 12.4. The quantitative estimate of drug-likeness (QED) is 0.233. The molecule has 3 rings (SSSR count). The number of carboxylic acid groups (broad SMARTS) is 1. The van der Waals surface area contributed by atoms with Crippen LogP contribution in [0.1, 0.15) is 74.7 Å². The molecule has 210 valence electrons. The molecule has 3 aromatic rings. The lowest BCUT2D eigenvalue weighted by atomic mass is 9.81. The first kappa shape index (κ1) is 30.8. The summed E-state index contributed by atoms with van der Waals surface area (Å²) in [5.74, 6) is -1.39. The van der Waals surface area contributed by atoms with Crippen LogP contribution in [0.15, 0.2) is 60.7 Å². The topological polar surface area (TPSA) is 78.8 Å². The standard InChI is InChI=1S/C32H39ClFNO4/c1-20(39-19-23(36)18-35-32(5,6)17-21-11-14-28(33)29(34)15-21)24-9-7-8-10-25(24)22-12-13-26(30(37)38)27(16-22)31(2,3)4/h7-16,20,23,35-36H,17-19H2,1-6H3,(H,37,38)/t20-,23-/m1/s1. The van der Waals surface area contributed by atoms with Crippen molar-refractivity contribution in [2.75, 3.05) is 13.2 Å². The van der Waals surface area contributed by atoms with E-state index in [4.69, 9.17) is 16.3 Å². The molecule has 0 saturated heterocycles. The fraction of sp³-hybridized carbons (Fsp3) is 0.406. The molecular formula is C32H39ClFNO4. The van der Waals surface area contributed by atoms with Gasteiger partial charge in [0.1, 0.15) is 5.82 Å². The van der Waals surface area contributed by atoms with Crippen molar-refractivity contribution in [3.63, 3.8) is 0 Å². The van der Waals surface area contributed by atoms with Gasteiger partial charge in [-0.2, -0.15) is 0 Å². The Kier molecular flexibility index (Phi) is 9.94. The van der Waals surface area contributed by atoms with E-state index < -0.39 is 17.9 Å². The van der Waals surface area contributed by atoms with E-state index in [0.29, 0.717) is 18.5 Å². The first-order chi connectivity index (χ1) is 18.2. The molecular weight excluding hydrogens is 517 g/mol. The van der Waals surface area contributed by atoms with Gasteiger partial charge >= 0.3 is 5.97 Å². The van der Waals surface area contributed by atoms with E-state index in [1.165, 1.54) is 6.07 Å². The molecule has 0 unspecified atom stereocenters. The van der Waals surface area contributed by atoms with Crippen molar-refractivity contribution < 1.29 is 24.1 Å². The Bertz CT molecular complexity index is 1300. The summed E-state index contributed by atoms with van der Waals surface area (Å²) >= 11 is 5.79. The van der Waals surface area contributed by atoms with E-state index >= 15 is 0 Å². The molecule has 0 aliphatic rings. The first-order valence-electron chi connectivity index (χ1n) is 13.1. The van der Waals surface area contributed by atoms with Crippen molar-refractivity contribution in [2.45, 2.75) is 71.1 Å². The van der Waals surface area contributed by atoms with Crippen LogP contribution in [0.2, 0.25) is 5.02 Å². The molecule has 0 aromatic heterocycles. The Morgan fingerprint density at radius 1 is 1.05 bits per heavy atom. The first-order valence-corrected chi connectivity index (χ1v) is 13.5. The third kappa shape index (κ3) is 8.36. The molecule has 0 amide bonds. The summed E-state index contributed by atoms with van der Waals surface area (Å²) in [6.07, 6.45) is -0.489. The van der Waals surface area contributed by atoms with Gasteiger partial charge in [-0.1, -0.05) is 68.8 Å². The number of aromatic carboxylic acids is 1. The second kappa shape index (κ2) is 12.6. The number of ether oxygens (including phenoxy) is 1. The molecule has 0 fully saturated rings. The number of aliphatic hydroxyl groups excluding tert-OH is 1. The van der Waals surface area contributed by atoms with Crippen molar-refractivity contribution in [3.8, 4) is 11.1 Å². The van der Waals surface area contributed by atoms with E-state index in [0.717, 1.165) is 27.8 Å². The van der Waals surface area contributed by atoms with Crippen LogP contribution in [0.3, 0.4) is 0 Å². The number of carbonyl (C=O) groups is 1. The average molecular weight is 556 g/mol. The Morgan fingerprint density at radius 2 is 1.74 bits per heavy atom. The molecule has 0 bridgehead atoms. The van der Waals surface area contributed by atoms with Crippen LogP contribution in [0, 0.1) is 5.82 Å². The molecule has 0 heterocycles. The lowest BCUT2D eigenvalue weighted by molar-refractivity contribution is -0.00397. The van der Waals surface area contributed by atoms with Gasteiger partial charge in [-0.15, -0.1) is 0 Å². The molecule has 5 nitrogen and oxygen atoms in total. The van der Waals surface area contributed by atoms with Crippen LogP contribution < -0.4 is 5.32 Å². The number of benzene rings is 3. The van der Waals surface area contributed by atoms with Crippen LogP contribution in [0.25, 0.3) is 11.1 Å². The van der Waals surface area contributed by atoms with Crippen molar-refractivity contribution >= 4 is 17.6 Å². The Hall–Kier alpha value is -2.77. The monoisotopic (exact) mass is 555 g/mol. The van der Waals surface area contributed by atoms with E-state index in [-0.39, 0.29) is 28.7 Å². The highest BCUT2D eigenvalue weighted by molar-refractivity contribution is 6.30. The Morgan fingerprint density at radius 3 is 2.38 bits per heavy atom. The van der Waals surface area contributed by atoms with Crippen LogP contribution >= 0.6 is 11.6 Å². The number of carboxylic acids is 1. The Balaban J connectivity index is 1.66. The zero-order valence-corrected chi connectivity index (χ0v) is 24.3. The second-order valence-corrected chi connectivity index (χ2v) is 12.1. The van der Waals surface area contributed by atoms with Crippen molar-refractivity contribution in [1.82, 2.24) is 5.32 Å². The molecule has 39 heavy (non-hydrogen) atoms. The largest absolute Gasteiger partial charge is 0.478 e. The number of nitrogens with one attached hydrogen (secondary N) is 1. The predicted octanol–water partition coefficient (Wildman–Crippen LogP) is 7.19. The summed E-state index contributed by atoms with van der Waals surface area (Å²) in [5.41, 5.74) is 3.98. The fourth-order valence-corrected chi connectivity index (χ4v) is 4.77. The number of hydrogen-bond donors (Lipinski definition) is 3. The Labute approximate surface area is 236 Å². The number of rotatable bonds is 11. The van der Waals surface area contributed by atoms with Gasteiger partial charge < -0.3 is 20.3 Å². The second-order valence-electron chi connectivity index (χ2n) is 11.7. The smallest absolute Gasteiger partial charge is 0.335 e. The van der Waals surface area contributed by atoms with Gasteiger partial charge in [0.15, 0.2) is 0 Å². The van der Waals surface area contributed by atoms with Gasteiger partial charge in [0.05, 0.1) is 29.4 Å². The van der Waals surface area contributed by atoms with Crippen molar-refractivity contribution in [2.24, 2.45) is 0 Å². The minimum Gasteiger partial charge on any atom is -0.478 e. The van der Waals surface area contributed by atoms with Crippen LogP contribution in [0.5, 0.6) is 0 Å². The number of aliphatic hydroxyl groups is 1. The van der Waals surface area contributed by atoms with Gasteiger partial charge in [0, 0.05) is 12.1 Å².